The number of aromatic nitrogens is 1. The molecule has 0 unspecified atom stereocenters. The molecule has 0 bridgehead atoms. The lowest BCUT2D eigenvalue weighted by Gasteiger charge is -2.30. The zero-order valence-electron chi connectivity index (χ0n) is 11.3. The van der Waals surface area contributed by atoms with E-state index in [4.69, 9.17) is 4.74 Å². The van der Waals surface area contributed by atoms with E-state index in [1.54, 1.807) is 11.0 Å². The summed E-state index contributed by atoms with van der Waals surface area (Å²) < 4.78 is 4.73. The van der Waals surface area contributed by atoms with Crippen LogP contribution in [0.2, 0.25) is 0 Å². The first-order chi connectivity index (χ1) is 9.11. The number of amides is 1. The van der Waals surface area contributed by atoms with Gasteiger partial charge in [0.1, 0.15) is 5.69 Å². The maximum Gasteiger partial charge on any atom is 0.308 e. The smallest absolute Gasteiger partial charge is 0.308 e. The van der Waals surface area contributed by atoms with E-state index in [2.05, 4.69) is 4.98 Å². The first kappa shape index (κ1) is 13.5. The second-order valence-electron chi connectivity index (χ2n) is 4.75. The van der Waals surface area contributed by atoms with E-state index in [0.29, 0.717) is 31.6 Å². The van der Waals surface area contributed by atoms with Crippen LogP contribution in [0.25, 0.3) is 0 Å². The topological polar surface area (TPSA) is 59.5 Å². The molecule has 0 radical (unpaired) electrons. The van der Waals surface area contributed by atoms with Crippen molar-refractivity contribution in [2.75, 3.05) is 20.2 Å². The summed E-state index contributed by atoms with van der Waals surface area (Å²) in [5.74, 6) is -0.327. The summed E-state index contributed by atoms with van der Waals surface area (Å²) in [6.07, 6.45) is 1.31. The Morgan fingerprint density at radius 2 is 2.00 bits per heavy atom. The summed E-state index contributed by atoms with van der Waals surface area (Å²) >= 11 is 0. The zero-order valence-corrected chi connectivity index (χ0v) is 11.3. The van der Waals surface area contributed by atoms with Gasteiger partial charge in [-0.1, -0.05) is 6.07 Å². The number of nitrogens with zero attached hydrogens (tertiary/aromatic N) is 2. The maximum atomic E-state index is 12.2. The van der Waals surface area contributed by atoms with Crippen LogP contribution in [0.1, 0.15) is 29.0 Å². The van der Waals surface area contributed by atoms with Crippen molar-refractivity contribution in [2.24, 2.45) is 5.92 Å². The Morgan fingerprint density at radius 1 is 1.32 bits per heavy atom. The number of aryl methyl sites for hydroxylation is 1. The molecule has 5 nitrogen and oxygen atoms in total. The lowest BCUT2D eigenvalue weighted by molar-refractivity contribution is -0.146. The Hall–Kier alpha value is -1.91. The molecule has 0 aliphatic carbocycles. The van der Waals surface area contributed by atoms with Crippen molar-refractivity contribution in [1.29, 1.82) is 0 Å². The molecule has 0 atom stereocenters. The zero-order chi connectivity index (χ0) is 13.8. The lowest BCUT2D eigenvalue weighted by Crippen LogP contribution is -2.40. The van der Waals surface area contributed by atoms with Crippen molar-refractivity contribution < 1.29 is 14.3 Å². The Morgan fingerprint density at radius 3 is 2.58 bits per heavy atom. The van der Waals surface area contributed by atoms with Crippen molar-refractivity contribution in [1.82, 2.24) is 9.88 Å². The third kappa shape index (κ3) is 3.10. The second-order valence-corrected chi connectivity index (χ2v) is 4.75. The first-order valence-corrected chi connectivity index (χ1v) is 6.42. The monoisotopic (exact) mass is 262 g/mol. The van der Waals surface area contributed by atoms with Gasteiger partial charge in [0.15, 0.2) is 0 Å². The van der Waals surface area contributed by atoms with Crippen LogP contribution < -0.4 is 0 Å². The highest BCUT2D eigenvalue weighted by Gasteiger charge is 2.28. The SMILES string of the molecule is COC(=O)C1CCN(C(=O)c2cccc(C)n2)CC1. The fraction of sp³-hybridized carbons (Fsp3) is 0.500. The lowest BCUT2D eigenvalue weighted by atomic mass is 9.97. The van der Waals surface area contributed by atoms with Gasteiger partial charge in [-0.3, -0.25) is 9.59 Å². The van der Waals surface area contributed by atoms with Crippen LogP contribution in [0.15, 0.2) is 18.2 Å². The average Bonchev–Trinajstić information content (AvgIpc) is 2.46. The van der Waals surface area contributed by atoms with E-state index >= 15 is 0 Å². The molecule has 0 spiro atoms. The number of rotatable bonds is 2. The molecule has 0 aromatic carbocycles. The van der Waals surface area contributed by atoms with Crippen LogP contribution in [-0.4, -0.2) is 42.0 Å². The number of hydrogen-bond donors (Lipinski definition) is 0. The maximum absolute atomic E-state index is 12.2. The fourth-order valence-electron chi connectivity index (χ4n) is 2.31. The summed E-state index contributed by atoms with van der Waals surface area (Å²) in [5.41, 5.74) is 1.30. The molecule has 2 rings (SSSR count). The van der Waals surface area contributed by atoms with Crippen LogP contribution in [-0.2, 0) is 9.53 Å². The van der Waals surface area contributed by atoms with Crippen molar-refractivity contribution >= 4 is 11.9 Å². The van der Waals surface area contributed by atoms with Gasteiger partial charge in [-0.05, 0) is 31.9 Å². The number of hydrogen-bond acceptors (Lipinski definition) is 4. The van der Waals surface area contributed by atoms with Gasteiger partial charge in [-0.15, -0.1) is 0 Å². The van der Waals surface area contributed by atoms with E-state index < -0.39 is 0 Å². The first-order valence-electron chi connectivity index (χ1n) is 6.42. The van der Waals surface area contributed by atoms with Crippen LogP contribution in [0.4, 0.5) is 0 Å². The van der Waals surface area contributed by atoms with Crippen molar-refractivity contribution in [3.05, 3.63) is 29.6 Å². The van der Waals surface area contributed by atoms with Crippen molar-refractivity contribution in [3.8, 4) is 0 Å². The highest BCUT2D eigenvalue weighted by molar-refractivity contribution is 5.92. The van der Waals surface area contributed by atoms with Gasteiger partial charge < -0.3 is 9.64 Å². The quantitative estimate of drug-likeness (QED) is 0.756. The molecule has 1 aliphatic heterocycles. The fourth-order valence-corrected chi connectivity index (χ4v) is 2.31. The van der Waals surface area contributed by atoms with Gasteiger partial charge in [-0.2, -0.15) is 0 Å². The van der Waals surface area contributed by atoms with E-state index in [-0.39, 0.29) is 17.8 Å². The normalized spacial score (nSPS) is 16.2. The Labute approximate surface area is 112 Å². The number of carbonyl (C=O) groups excluding carboxylic acids is 2. The molecule has 19 heavy (non-hydrogen) atoms. The molecule has 5 heteroatoms. The minimum Gasteiger partial charge on any atom is -0.469 e. The van der Waals surface area contributed by atoms with Crippen LogP contribution in [0, 0.1) is 12.8 Å². The predicted molar refractivity (Wildman–Crippen MR) is 69.6 cm³/mol. The Balaban J connectivity index is 1.98. The van der Waals surface area contributed by atoms with Crippen LogP contribution in [0.3, 0.4) is 0 Å². The molecular formula is C14H18N2O3. The molecule has 1 fully saturated rings. The highest BCUT2D eigenvalue weighted by atomic mass is 16.5. The molecule has 0 saturated carbocycles. The predicted octanol–water partition coefficient (Wildman–Crippen LogP) is 1.42. The van der Waals surface area contributed by atoms with Gasteiger partial charge in [-0.25, -0.2) is 4.98 Å². The number of pyridine rings is 1. The Bertz CT molecular complexity index is 479. The minimum absolute atomic E-state index is 0.0629. The number of esters is 1. The summed E-state index contributed by atoms with van der Waals surface area (Å²) in [6.45, 7) is 3.02. The number of ether oxygens (including phenoxy) is 1. The molecule has 0 N–H and O–H groups in total. The molecule has 102 valence electrons. The largest absolute Gasteiger partial charge is 0.469 e. The third-order valence-electron chi connectivity index (χ3n) is 3.42. The van der Waals surface area contributed by atoms with E-state index in [9.17, 15) is 9.59 Å². The van der Waals surface area contributed by atoms with Crippen LogP contribution in [0.5, 0.6) is 0 Å². The Kier molecular flexibility index (Phi) is 4.14. The minimum atomic E-state index is -0.180. The number of methoxy groups -OCH3 is 1. The van der Waals surface area contributed by atoms with Gasteiger partial charge in [0.05, 0.1) is 13.0 Å². The van der Waals surface area contributed by atoms with Gasteiger partial charge in [0.2, 0.25) is 0 Å². The summed E-state index contributed by atoms with van der Waals surface area (Å²) in [4.78, 5) is 29.7. The molecule has 2 heterocycles. The highest BCUT2D eigenvalue weighted by Crippen LogP contribution is 2.19. The summed E-state index contributed by atoms with van der Waals surface area (Å²) in [7, 11) is 1.40. The third-order valence-corrected chi connectivity index (χ3v) is 3.42. The van der Waals surface area contributed by atoms with Gasteiger partial charge >= 0.3 is 5.97 Å². The van der Waals surface area contributed by atoms with Crippen LogP contribution >= 0.6 is 0 Å². The van der Waals surface area contributed by atoms with E-state index in [0.717, 1.165) is 5.69 Å². The average molecular weight is 262 g/mol. The van der Waals surface area contributed by atoms with Crippen molar-refractivity contribution in [3.63, 3.8) is 0 Å². The molecule has 1 aromatic rings. The molecule has 1 aromatic heterocycles. The number of piperidine rings is 1. The number of likely N-dealkylation sites (tertiary alicyclic amines) is 1. The summed E-state index contributed by atoms with van der Waals surface area (Å²) in [5, 5.41) is 0. The standard InChI is InChI=1S/C14H18N2O3/c1-10-4-3-5-12(15-10)13(17)16-8-6-11(7-9-16)14(18)19-2/h3-5,11H,6-9H2,1-2H3. The molecule has 1 saturated heterocycles. The molecular weight excluding hydrogens is 244 g/mol. The van der Waals surface area contributed by atoms with Gasteiger partial charge in [0, 0.05) is 18.8 Å². The van der Waals surface area contributed by atoms with Gasteiger partial charge in [0.25, 0.3) is 5.91 Å². The van der Waals surface area contributed by atoms with Crippen molar-refractivity contribution in [2.45, 2.75) is 19.8 Å². The molecule has 1 amide bonds. The van der Waals surface area contributed by atoms with E-state index in [1.807, 2.05) is 19.1 Å². The second kappa shape index (κ2) is 5.82. The van der Waals surface area contributed by atoms with E-state index in [1.165, 1.54) is 7.11 Å². The molecule has 1 aliphatic rings. The number of carbonyl (C=O) groups is 2. The summed E-state index contributed by atoms with van der Waals surface area (Å²) in [6, 6.07) is 5.42.